The average molecular weight is 234 g/mol. The lowest BCUT2D eigenvalue weighted by Gasteiger charge is -2.09. The summed E-state index contributed by atoms with van der Waals surface area (Å²) in [5, 5.41) is 0. The van der Waals surface area contributed by atoms with E-state index >= 15 is 0 Å². The second-order valence-corrected chi connectivity index (χ2v) is 3.29. The first-order valence-corrected chi connectivity index (χ1v) is 4.15. The van der Waals surface area contributed by atoms with E-state index in [-0.39, 0.29) is 5.69 Å². The summed E-state index contributed by atoms with van der Waals surface area (Å²) in [6.45, 7) is 1.65. The summed E-state index contributed by atoms with van der Waals surface area (Å²) in [6, 6.07) is 1.63. The molecule has 0 aliphatic heterocycles. The van der Waals surface area contributed by atoms with E-state index in [1.807, 2.05) is 0 Å². The number of nitrogen functional groups attached to an aromatic ring is 1. The number of benzene rings is 1. The number of aryl methyl sites for hydroxylation is 1. The molecule has 0 spiro atoms. The number of hydrogen-bond donors (Lipinski definition) is 1. The maximum absolute atomic E-state index is 13.1. The van der Waals surface area contributed by atoms with Crippen LogP contribution in [0.1, 0.15) is 5.56 Å². The number of ether oxygens (including phenoxy) is 1. The maximum Gasteiger partial charge on any atom is 0.158 e. The van der Waals surface area contributed by atoms with Crippen LogP contribution in [0.3, 0.4) is 0 Å². The summed E-state index contributed by atoms with van der Waals surface area (Å²) in [4.78, 5) is 0. The van der Waals surface area contributed by atoms with Gasteiger partial charge in [-0.15, -0.1) is 0 Å². The third-order valence-corrected chi connectivity index (χ3v) is 2.18. The Morgan fingerprint density at radius 3 is 2.67 bits per heavy atom. The summed E-state index contributed by atoms with van der Waals surface area (Å²) in [5.41, 5.74) is 6.01. The fourth-order valence-corrected chi connectivity index (χ4v) is 1.69. The number of methoxy groups -OCH3 is 1. The summed E-state index contributed by atoms with van der Waals surface area (Å²) in [5.74, 6) is -0.0758. The number of hydrogen-bond acceptors (Lipinski definition) is 2. The van der Waals surface area contributed by atoms with Crippen molar-refractivity contribution in [3.8, 4) is 5.75 Å². The molecule has 0 aliphatic rings. The van der Waals surface area contributed by atoms with Gasteiger partial charge in [-0.1, -0.05) is 0 Å². The van der Waals surface area contributed by atoms with E-state index in [4.69, 9.17) is 10.5 Å². The molecule has 0 saturated carbocycles. The second kappa shape index (κ2) is 3.31. The van der Waals surface area contributed by atoms with Crippen molar-refractivity contribution < 1.29 is 9.13 Å². The van der Waals surface area contributed by atoms with Crippen LogP contribution >= 0.6 is 15.9 Å². The van der Waals surface area contributed by atoms with Gasteiger partial charge in [0.1, 0.15) is 5.69 Å². The summed E-state index contributed by atoms with van der Waals surface area (Å²) < 4.78 is 18.7. The van der Waals surface area contributed by atoms with Gasteiger partial charge >= 0.3 is 0 Å². The van der Waals surface area contributed by atoms with Crippen LogP contribution < -0.4 is 10.5 Å². The van der Waals surface area contributed by atoms with Crippen molar-refractivity contribution in [2.24, 2.45) is 0 Å². The van der Waals surface area contributed by atoms with Crippen LogP contribution in [0.5, 0.6) is 5.75 Å². The largest absolute Gasteiger partial charge is 0.493 e. The highest BCUT2D eigenvalue weighted by Crippen LogP contribution is 2.34. The van der Waals surface area contributed by atoms with E-state index in [0.717, 1.165) is 0 Å². The molecule has 0 unspecified atom stereocenters. The quantitative estimate of drug-likeness (QED) is 0.757. The minimum absolute atomic E-state index is 0.0457. The van der Waals surface area contributed by atoms with Gasteiger partial charge in [-0.3, -0.25) is 0 Å². The average Bonchev–Trinajstić information content (AvgIpc) is 2.01. The summed E-state index contributed by atoms with van der Waals surface area (Å²) >= 11 is 3.22. The first-order chi connectivity index (χ1) is 5.57. The van der Waals surface area contributed by atoms with Crippen molar-refractivity contribution in [1.82, 2.24) is 0 Å². The summed E-state index contributed by atoms with van der Waals surface area (Å²) in [7, 11) is 1.45. The van der Waals surface area contributed by atoms with Crippen LogP contribution in [0.25, 0.3) is 0 Å². The van der Waals surface area contributed by atoms with Crippen molar-refractivity contribution in [3.63, 3.8) is 0 Å². The van der Waals surface area contributed by atoms with Crippen LogP contribution in [-0.2, 0) is 0 Å². The molecule has 66 valence electrons. The van der Waals surface area contributed by atoms with E-state index in [9.17, 15) is 4.39 Å². The molecule has 2 N–H and O–H groups in total. The molecule has 0 atom stereocenters. The third-order valence-electron chi connectivity index (χ3n) is 1.59. The van der Waals surface area contributed by atoms with Crippen molar-refractivity contribution in [2.45, 2.75) is 6.92 Å². The Morgan fingerprint density at radius 1 is 1.58 bits per heavy atom. The summed E-state index contributed by atoms with van der Waals surface area (Å²) in [6.07, 6.45) is 0. The van der Waals surface area contributed by atoms with Gasteiger partial charge in [0, 0.05) is 0 Å². The lowest BCUT2D eigenvalue weighted by Crippen LogP contribution is -1.98. The van der Waals surface area contributed by atoms with Crippen molar-refractivity contribution >= 4 is 21.6 Å². The zero-order chi connectivity index (χ0) is 9.30. The Morgan fingerprint density at radius 2 is 2.17 bits per heavy atom. The highest BCUT2D eigenvalue weighted by atomic mass is 79.9. The molecule has 1 aromatic carbocycles. The van der Waals surface area contributed by atoms with Gasteiger partial charge < -0.3 is 10.5 Å². The van der Waals surface area contributed by atoms with Gasteiger partial charge in [0.25, 0.3) is 0 Å². The molecule has 0 bridgehead atoms. The topological polar surface area (TPSA) is 35.2 Å². The minimum Gasteiger partial charge on any atom is -0.493 e. The molecule has 12 heavy (non-hydrogen) atoms. The Hall–Kier alpha value is -0.770. The van der Waals surface area contributed by atoms with Crippen molar-refractivity contribution in [1.29, 1.82) is 0 Å². The first kappa shape index (κ1) is 9.32. The highest BCUT2D eigenvalue weighted by molar-refractivity contribution is 9.10. The third kappa shape index (κ3) is 1.39. The molecule has 0 aliphatic carbocycles. The molecule has 0 aromatic heterocycles. The zero-order valence-corrected chi connectivity index (χ0v) is 8.40. The number of nitrogens with two attached hydrogens (primary N) is 1. The molecule has 1 aromatic rings. The van der Waals surface area contributed by atoms with Gasteiger partial charge in [0.05, 0.1) is 11.6 Å². The Bertz CT molecular complexity index is 314. The highest BCUT2D eigenvalue weighted by Gasteiger charge is 2.12. The van der Waals surface area contributed by atoms with E-state index < -0.39 is 5.82 Å². The van der Waals surface area contributed by atoms with E-state index in [1.54, 1.807) is 13.0 Å². The van der Waals surface area contributed by atoms with Gasteiger partial charge in [-0.25, -0.2) is 4.39 Å². The molecule has 0 fully saturated rings. The van der Waals surface area contributed by atoms with Gasteiger partial charge in [0.15, 0.2) is 11.6 Å². The molecule has 2 nitrogen and oxygen atoms in total. The van der Waals surface area contributed by atoms with Crippen LogP contribution in [-0.4, -0.2) is 7.11 Å². The Kier molecular flexibility index (Phi) is 2.57. The number of anilines is 1. The lowest BCUT2D eigenvalue weighted by atomic mass is 10.2. The Labute approximate surface area is 78.6 Å². The van der Waals surface area contributed by atoms with Crippen LogP contribution in [0.15, 0.2) is 10.5 Å². The fourth-order valence-electron chi connectivity index (χ4n) is 0.967. The van der Waals surface area contributed by atoms with Crippen LogP contribution in [0, 0.1) is 12.7 Å². The molecule has 0 radical (unpaired) electrons. The SMILES string of the molecule is COc1c(Br)cc(C)c(F)c1N. The molecule has 0 saturated heterocycles. The predicted octanol–water partition coefficient (Wildman–Crippen LogP) is 2.49. The lowest BCUT2D eigenvalue weighted by molar-refractivity contribution is 0.411. The normalized spacial score (nSPS) is 10.0. The maximum atomic E-state index is 13.1. The molecule has 4 heteroatoms. The molecule has 0 heterocycles. The predicted molar refractivity (Wildman–Crippen MR) is 49.8 cm³/mol. The molecule has 1 rings (SSSR count). The minimum atomic E-state index is -0.421. The first-order valence-electron chi connectivity index (χ1n) is 3.36. The van der Waals surface area contributed by atoms with Crippen molar-refractivity contribution in [2.75, 3.05) is 12.8 Å². The van der Waals surface area contributed by atoms with Crippen LogP contribution in [0.4, 0.5) is 10.1 Å². The van der Waals surface area contributed by atoms with E-state index in [1.165, 1.54) is 7.11 Å². The smallest absolute Gasteiger partial charge is 0.158 e. The second-order valence-electron chi connectivity index (χ2n) is 2.44. The monoisotopic (exact) mass is 233 g/mol. The number of rotatable bonds is 1. The number of halogens is 2. The fraction of sp³-hybridized carbons (Fsp3) is 0.250. The van der Waals surface area contributed by atoms with Gasteiger partial charge in [-0.2, -0.15) is 0 Å². The van der Waals surface area contributed by atoms with Crippen molar-refractivity contribution in [3.05, 3.63) is 21.9 Å². The van der Waals surface area contributed by atoms with Gasteiger partial charge in [0.2, 0.25) is 0 Å². The Balaban J connectivity index is 3.40. The molecule has 0 amide bonds. The molecular formula is C8H9BrFNO. The van der Waals surface area contributed by atoms with Gasteiger partial charge in [-0.05, 0) is 34.5 Å². The van der Waals surface area contributed by atoms with Crippen LogP contribution in [0.2, 0.25) is 0 Å². The van der Waals surface area contributed by atoms with E-state index in [2.05, 4.69) is 15.9 Å². The zero-order valence-electron chi connectivity index (χ0n) is 6.82. The standard InChI is InChI=1S/C8H9BrFNO/c1-4-3-5(9)8(12-2)7(11)6(4)10/h3H,11H2,1-2H3. The van der Waals surface area contributed by atoms with E-state index in [0.29, 0.717) is 15.8 Å². The molecular weight excluding hydrogens is 225 g/mol.